The van der Waals surface area contributed by atoms with Gasteiger partial charge < -0.3 is 24.8 Å². The van der Waals surface area contributed by atoms with Crippen molar-refractivity contribution in [3.8, 4) is 0 Å². The summed E-state index contributed by atoms with van der Waals surface area (Å²) in [4.78, 5) is 2.42. The monoisotopic (exact) mass is 485 g/mol. The van der Waals surface area contributed by atoms with E-state index in [1.807, 2.05) is 0 Å². The molecule has 0 saturated carbocycles. The molecule has 1 aromatic rings. The van der Waals surface area contributed by atoms with E-state index in [0.29, 0.717) is 6.04 Å². The zero-order valence-electron chi connectivity index (χ0n) is 12.9. The number of benzene rings is 1. The molecule has 4 rings (SSSR count). The molecule has 1 atom stereocenters. The van der Waals surface area contributed by atoms with Crippen molar-refractivity contribution in [2.45, 2.75) is 19.4 Å². The summed E-state index contributed by atoms with van der Waals surface area (Å²) in [6.07, 6.45) is 12.8. The van der Waals surface area contributed by atoms with Gasteiger partial charge in [0, 0.05) is 0 Å². The third-order valence-corrected chi connectivity index (χ3v) is 8.40. The topological polar surface area (TPSA) is 3.24 Å². The smallest absolute Gasteiger partial charge is 1.00 e. The molecule has 0 aromatic heterocycles. The van der Waals surface area contributed by atoms with Gasteiger partial charge in [0.15, 0.2) is 0 Å². The van der Waals surface area contributed by atoms with E-state index in [1.54, 1.807) is 6.55 Å². The third kappa shape index (κ3) is 3.23. The fourth-order valence-corrected chi connectivity index (χ4v) is 7.22. The van der Waals surface area contributed by atoms with Crippen molar-refractivity contribution in [2.75, 3.05) is 11.9 Å². The summed E-state index contributed by atoms with van der Waals surface area (Å²) in [6.45, 7) is 2.21. The van der Waals surface area contributed by atoms with Crippen molar-refractivity contribution in [3.63, 3.8) is 0 Å². The van der Waals surface area contributed by atoms with Crippen LogP contribution in [-0.2, 0) is 23.2 Å². The van der Waals surface area contributed by atoms with E-state index in [1.165, 1.54) is 33.3 Å². The number of fused-ring (bicyclic) bond motifs is 3. The van der Waals surface area contributed by atoms with Gasteiger partial charge in [0.05, 0.1) is 0 Å². The summed E-state index contributed by atoms with van der Waals surface area (Å²) in [5.74, 6) is 0. The molecule has 0 amide bonds. The summed E-state index contributed by atoms with van der Waals surface area (Å²) >= 11 is 3.08. The summed E-state index contributed by atoms with van der Waals surface area (Å²) in [5.41, 5.74) is 5.81. The molecule has 0 N–H and O–H groups in total. The Morgan fingerprint density at radius 3 is 2.74 bits per heavy atom. The van der Waals surface area contributed by atoms with E-state index in [2.05, 4.69) is 77.3 Å². The molecule has 2 aliphatic carbocycles. The van der Waals surface area contributed by atoms with Gasteiger partial charge >= 0.3 is 146 Å². The van der Waals surface area contributed by atoms with Crippen molar-refractivity contribution in [1.29, 1.82) is 0 Å². The van der Waals surface area contributed by atoms with Gasteiger partial charge in [-0.2, -0.15) is 0 Å². The van der Waals surface area contributed by atoms with Gasteiger partial charge in [0.1, 0.15) is 0 Å². The normalized spacial score (nSPS) is 19.9. The number of allylic oxidation sites excluding steroid dienone is 6. The Morgan fingerprint density at radius 1 is 1.26 bits per heavy atom. The van der Waals surface area contributed by atoms with Crippen molar-refractivity contribution in [1.82, 2.24) is 0 Å². The van der Waals surface area contributed by atoms with Gasteiger partial charge in [-0.05, 0) is 0 Å². The zero-order valence-corrected chi connectivity index (χ0v) is 18.5. The molecule has 0 fully saturated rings. The van der Waals surface area contributed by atoms with E-state index in [4.69, 9.17) is 0 Å². The van der Waals surface area contributed by atoms with Crippen LogP contribution in [-0.4, -0.2) is 13.1 Å². The van der Waals surface area contributed by atoms with E-state index >= 15 is 0 Å². The molecule has 23 heavy (non-hydrogen) atoms. The Bertz CT molecular complexity index is 765. The van der Waals surface area contributed by atoms with Crippen LogP contribution in [0.1, 0.15) is 18.9 Å². The first kappa shape index (κ1) is 19.3. The number of hydrogen-bond donors (Lipinski definition) is 0. The van der Waals surface area contributed by atoms with Crippen LogP contribution in [0.4, 0.5) is 5.69 Å². The minimum absolute atomic E-state index is 0. The molecule has 0 spiro atoms. The maximum Gasteiger partial charge on any atom is -1.00 e. The Hall–Kier alpha value is -0.0769. The number of likely N-dealkylation sites (N-methyl/N-ethyl adjacent to an activating group) is 1. The van der Waals surface area contributed by atoms with Gasteiger partial charge in [-0.25, -0.2) is 0 Å². The van der Waals surface area contributed by atoms with Crippen LogP contribution in [0.3, 0.4) is 0 Å². The largest absolute Gasteiger partial charge is 1.00 e. The summed E-state index contributed by atoms with van der Waals surface area (Å²) in [5, 5.41) is 0. The fourth-order valence-electron chi connectivity index (χ4n) is 3.42. The fraction of sp³-hybridized carbons (Fsp3) is 0.222. The average molecular weight is 488 g/mol. The standard InChI is InChI=1S/C13H11BrN.C5H5.2ClH.Zr/c1-8-6-10-9-4-3-5-11(14)13(9)15(2)12(10)7-8;1-2-4-5-3-1;;;/h3,5-7,12H,1-2H3;1-3H,4H2;2*1H;/q;;;;+2/p-2. The number of anilines is 1. The predicted molar refractivity (Wildman–Crippen MR) is 89.5 cm³/mol. The maximum atomic E-state index is 3.76. The molecular formula is C18H16BrCl2NZr. The Balaban J connectivity index is 0.000000960. The zero-order chi connectivity index (χ0) is 14.6. The second-order valence-corrected chi connectivity index (χ2v) is 10.2. The first-order chi connectivity index (χ1) is 10.1. The molecule has 0 radical (unpaired) electrons. The third-order valence-electron chi connectivity index (χ3n) is 4.38. The predicted octanol–water partition coefficient (Wildman–Crippen LogP) is -1.83. The molecule has 118 valence electrons. The second-order valence-electron chi connectivity index (χ2n) is 5.83. The maximum absolute atomic E-state index is 3.76. The molecule has 5 heteroatoms. The minimum Gasteiger partial charge on any atom is -1.00 e. The van der Waals surface area contributed by atoms with Crippen LogP contribution in [0.25, 0.3) is 5.57 Å². The number of rotatable bonds is 2. The van der Waals surface area contributed by atoms with Gasteiger partial charge in [-0.3, -0.25) is 0 Å². The quantitative estimate of drug-likeness (QED) is 0.474. The Kier molecular flexibility index (Phi) is 6.22. The van der Waals surface area contributed by atoms with Crippen LogP contribution in [0, 0.1) is 0 Å². The first-order valence-electron chi connectivity index (χ1n) is 7.23. The van der Waals surface area contributed by atoms with E-state index < -0.39 is 23.2 Å². The molecule has 1 aromatic carbocycles. The van der Waals surface area contributed by atoms with Crippen LogP contribution in [0.2, 0.25) is 0 Å². The molecule has 1 nitrogen and oxygen atoms in total. The van der Waals surface area contributed by atoms with Crippen molar-refractivity contribution >= 4 is 30.5 Å². The van der Waals surface area contributed by atoms with E-state index in [9.17, 15) is 0 Å². The molecule has 3 aliphatic rings. The van der Waals surface area contributed by atoms with Crippen molar-refractivity contribution in [3.05, 3.63) is 61.4 Å². The van der Waals surface area contributed by atoms with Gasteiger partial charge in [-0.1, -0.05) is 0 Å². The minimum atomic E-state index is -0.678. The van der Waals surface area contributed by atoms with Crippen molar-refractivity contribution < 1.29 is 48.0 Å². The molecule has 0 bridgehead atoms. The average Bonchev–Trinajstić information content (AvgIpc) is 3.13. The summed E-state index contributed by atoms with van der Waals surface area (Å²) < 4.78 is 4.52. The number of nitrogens with zero attached hydrogens (tertiary/aromatic N) is 1. The molecule has 1 unspecified atom stereocenters. The molecule has 1 aliphatic heterocycles. The summed E-state index contributed by atoms with van der Waals surface area (Å²) in [6, 6.07) is 5.04. The van der Waals surface area contributed by atoms with Gasteiger partial charge in [-0.15, -0.1) is 0 Å². The SMILES string of the molecule is CC1=CC2C(=C1)c1[c]([Zr+2][C]3=CC=CC3)ccc(Br)c1N2C.[Cl-].[Cl-]. The van der Waals surface area contributed by atoms with Crippen LogP contribution in [0.15, 0.2) is 55.8 Å². The molecular weight excluding hydrogens is 472 g/mol. The summed E-state index contributed by atoms with van der Waals surface area (Å²) in [7, 11) is 2.22. The molecule has 0 saturated heterocycles. The Labute approximate surface area is 170 Å². The van der Waals surface area contributed by atoms with E-state index in [0.717, 1.165) is 0 Å². The second kappa shape index (κ2) is 7.44. The van der Waals surface area contributed by atoms with E-state index in [-0.39, 0.29) is 24.8 Å². The van der Waals surface area contributed by atoms with Crippen LogP contribution < -0.4 is 33.0 Å². The molecule has 1 heterocycles. The van der Waals surface area contributed by atoms with Gasteiger partial charge in [0.25, 0.3) is 0 Å². The van der Waals surface area contributed by atoms with Gasteiger partial charge in [0.2, 0.25) is 0 Å². The number of halogens is 3. The number of hydrogen-bond acceptors (Lipinski definition) is 1. The van der Waals surface area contributed by atoms with Crippen molar-refractivity contribution in [2.24, 2.45) is 0 Å². The first-order valence-corrected chi connectivity index (χ1v) is 10.5. The van der Waals surface area contributed by atoms with Crippen LogP contribution >= 0.6 is 15.9 Å². The Morgan fingerprint density at radius 2 is 2.04 bits per heavy atom. The van der Waals surface area contributed by atoms with Crippen LogP contribution in [0.5, 0.6) is 0 Å².